The lowest BCUT2D eigenvalue weighted by atomic mass is 10.3. The minimum absolute atomic E-state index is 0.269. The van der Waals surface area contributed by atoms with E-state index in [0.29, 0.717) is 26.2 Å². The Hall–Kier alpha value is -2.58. The van der Waals surface area contributed by atoms with Crippen LogP contribution in [0.15, 0.2) is 16.9 Å². The number of aromatic amines is 1. The van der Waals surface area contributed by atoms with Crippen LogP contribution in [0, 0.1) is 0 Å². The second kappa shape index (κ2) is 6.04. The van der Waals surface area contributed by atoms with Gasteiger partial charge in [0.15, 0.2) is 5.82 Å². The first-order chi connectivity index (χ1) is 9.60. The highest BCUT2D eigenvalue weighted by atomic mass is 16.5. The summed E-state index contributed by atoms with van der Waals surface area (Å²) in [5, 5.41) is 8.49. The van der Waals surface area contributed by atoms with Crippen molar-refractivity contribution in [1.82, 2.24) is 20.0 Å². The number of methoxy groups -OCH3 is 1. The Morgan fingerprint density at radius 2 is 1.90 bits per heavy atom. The Labute approximate surface area is 114 Å². The van der Waals surface area contributed by atoms with Gasteiger partial charge in [-0.2, -0.15) is 5.10 Å². The normalized spacial score (nSPS) is 14.8. The zero-order valence-electron chi connectivity index (χ0n) is 11.0. The van der Waals surface area contributed by atoms with Crippen molar-refractivity contribution < 1.29 is 14.3 Å². The van der Waals surface area contributed by atoms with Crippen molar-refractivity contribution in [3.05, 3.63) is 22.5 Å². The summed E-state index contributed by atoms with van der Waals surface area (Å²) in [5.41, 5.74) is -0.338. The van der Waals surface area contributed by atoms with E-state index in [1.807, 2.05) is 0 Å². The lowest BCUT2D eigenvalue weighted by Crippen LogP contribution is -2.51. The van der Waals surface area contributed by atoms with Crippen LogP contribution in [-0.4, -0.2) is 65.4 Å². The van der Waals surface area contributed by atoms with Crippen LogP contribution in [0.1, 0.15) is 0 Å². The maximum atomic E-state index is 11.9. The molecule has 108 valence electrons. The van der Waals surface area contributed by atoms with E-state index in [9.17, 15) is 14.4 Å². The number of ether oxygens (including phenoxy) is 1. The molecule has 20 heavy (non-hydrogen) atoms. The molecule has 9 nitrogen and oxygen atoms in total. The average molecular weight is 281 g/mol. The van der Waals surface area contributed by atoms with Crippen molar-refractivity contribution >= 4 is 17.9 Å². The van der Waals surface area contributed by atoms with Gasteiger partial charge in [0, 0.05) is 32.2 Å². The predicted octanol–water partition coefficient (Wildman–Crippen LogP) is -0.314. The fraction of sp³-hybridized carbons (Fsp3) is 0.455. The van der Waals surface area contributed by atoms with Crippen molar-refractivity contribution in [3.8, 4) is 0 Å². The molecule has 0 bridgehead atoms. The number of piperazine rings is 1. The van der Waals surface area contributed by atoms with E-state index in [1.165, 1.54) is 24.1 Å². The summed E-state index contributed by atoms with van der Waals surface area (Å²) in [6.07, 6.45) is -0.396. The number of rotatable bonds is 1. The summed E-state index contributed by atoms with van der Waals surface area (Å²) >= 11 is 0. The number of amides is 3. The average Bonchev–Trinajstić information content (AvgIpc) is 2.49. The van der Waals surface area contributed by atoms with Crippen molar-refractivity contribution in [1.29, 1.82) is 0 Å². The number of H-pyrrole nitrogens is 1. The number of carbonyl (C=O) groups excluding carboxylic acids is 2. The van der Waals surface area contributed by atoms with Gasteiger partial charge in [-0.25, -0.2) is 14.7 Å². The fourth-order valence-electron chi connectivity index (χ4n) is 1.82. The predicted molar refractivity (Wildman–Crippen MR) is 69.4 cm³/mol. The molecule has 1 aliphatic rings. The van der Waals surface area contributed by atoms with Gasteiger partial charge in [-0.15, -0.1) is 0 Å². The molecule has 9 heteroatoms. The molecule has 1 aromatic rings. The Morgan fingerprint density at radius 1 is 1.25 bits per heavy atom. The lowest BCUT2D eigenvalue weighted by Gasteiger charge is -2.33. The SMILES string of the molecule is COC(=O)N1CCN(C(=O)Nc2ccc(=O)[nH]n2)CC1. The van der Waals surface area contributed by atoms with E-state index < -0.39 is 6.09 Å². The monoisotopic (exact) mass is 281 g/mol. The summed E-state index contributed by atoms with van der Waals surface area (Å²) in [6, 6.07) is 2.37. The topological polar surface area (TPSA) is 108 Å². The van der Waals surface area contributed by atoms with Crippen LogP contribution in [0.4, 0.5) is 15.4 Å². The van der Waals surface area contributed by atoms with Crippen molar-refractivity contribution in [2.75, 3.05) is 38.6 Å². The van der Waals surface area contributed by atoms with Gasteiger partial charge < -0.3 is 14.5 Å². The quantitative estimate of drug-likeness (QED) is 0.734. The molecule has 1 aliphatic heterocycles. The second-order valence-corrected chi connectivity index (χ2v) is 4.18. The summed E-state index contributed by atoms with van der Waals surface area (Å²) in [5.74, 6) is 0.269. The van der Waals surface area contributed by atoms with Crippen molar-refractivity contribution in [2.24, 2.45) is 0 Å². The molecule has 1 aromatic heterocycles. The zero-order chi connectivity index (χ0) is 14.5. The maximum absolute atomic E-state index is 11.9. The Bertz CT molecular complexity index is 529. The number of nitrogens with zero attached hydrogens (tertiary/aromatic N) is 3. The van der Waals surface area contributed by atoms with Gasteiger partial charge in [0.1, 0.15) is 0 Å². The summed E-state index contributed by atoms with van der Waals surface area (Å²) in [6.45, 7) is 1.65. The number of aromatic nitrogens is 2. The number of nitrogens with one attached hydrogen (secondary N) is 2. The molecule has 0 spiro atoms. The Balaban J connectivity index is 1.87. The van der Waals surface area contributed by atoms with E-state index in [4.69, 9.17) is 0 Å². The second-order valence-electron chi connectivity index (χ2n) is 4.18. The van der Waals surface area contributed by atoms with Crippen LogP contribution in [0.5, 0.6) is 0 Å². The Morgan fingerprint density at radius 3 is 2.45 bits per heavy atom. The highest BCUT2D eigenvalue weighted by Gasteiger charge is 2.24. The molecule has 0 saturated carbocycles. The minimum Gasteiger partial charge on any atom is -0.453 e. The number of carbonyl (C=O) groups is 2. The van der Waals surface area contributed by atoms with Crippen LogP contribution in [-0.2, 0) is 4.74 Å². The molecule has 2 heterocycles. The number of urea groups is 1. The molecule has 1 saturated heterocycles. The molecule has 0 radical (unpaired) electrons. The van der Waals surface area contributed by atoms with Gasteiger partial charge in [-0.1, -0.05) is 0 Å². The zero-order valence-corrected chi connectivity index (χ0v) is 11.0. The Kier molecular flexibility index (Phi) is 4.18. The van der Waals surface area contributed by atoms with Gasteiger partial charge in [0.05, 0.1) is 7.11 Å². The maximum Gasteiger partial charge on any atom is 0.409 e. The highest BCUT2D eigenvalue weighted by Crippen LogP contribution is 2.06. The lowest BCUT2D eigenvalue weighted by molar-refractivity contribution is 0.0992. The number of hydrogen-bond acceptors (Lipinski definition) is 5. The first-order valence-electron chi connectivity index (χ1n) is 6.04. The third kappa shape index (κ3) is 3.25. The van der Waals surface area contributed by atoms with Crippen LogP contribution in [0.2, 0.25) is 0 Å². The van der Waals surface area contributed by atoms with Crippen molar-refractivity contribution in [2.45, 2.75) is 0 Å². The molecule has 2 rings (SSSR count). The molecule has 0 aliphatic carbocycles. The van der Waals surface area contributed by atoms with Crippen LogP contribution in [0.3, 0.4) is 0 Å². The molecule has 2 N–H and O–H groups in total. The third-order valence-corrected chi connectivity index (χ3v) is 2.91. The molecule has 0 unspecified atom stereocenters. The first kappa shape index (κ1) is 13.8. The van der Waals surface area contributed by atoms with E-state index >= 15 is 0 Å². The fourth-order valence-corrected chi connectivity index (χ4v) is 1.82. The van der Waals surface area contributed by atoms with Crippen LogP contribution >= 0.6 is 0 Å². The largest absolute Gasteiger partial charge is 0.453 e. The number of hydrogen-bond donors (Lipinski definition) is 2. The van der Waals surface area contributed by atoms with Crippen LogP contribution in [0.25, 0.3) is 0 Å². The summed E-state index contributed by atoms with van der Waals surface area (Å²) in [7, 11) is 1.32. The van der Waals surface area contributed by atoms with Gasteiger partial charge in [-0.3, -0.25) is 10.1 Å². The molecule has 1 fully saturated rings. The smallest absolute Gasteiger partial charge is 0.409 e. The molecular formula is C11H15N5O4. The van der Waals surface area contributed by atoms with E-state index in [2.05, 4.69) is 20.3 Å². The minimum atomic E-state index is -0.396. The standard InChI is InChI=1S/C11H15N5O4/c1-20-11(19)16-6-4-15(5-7-16)10(18)12-8-2-3-9(17)14-13-8/h2-3H,4-7H2,1H3,(H,14,17)(H,12,13,18). The van der Waals surface area contributed by atoms with Gasteiger partial charge in [0.25, 0.3) is 5.56 Å². The summed E-state index contributed by atoms with van der Waals surface area (Å²) < 4.78 is 4.62. The van der Waals surface area contributed by atoms with Crippen molar-refractivity contribution in [3.63, 3.8) is 0 Å². The first-order valence-corrected chi connectivity index (χ1v) is 6.04. The van der Waals surface area contributed by atoms with Gasteiger partial charge in [-0.05, 0) is 6.07 Å². The molecule has 3 amide bonds. The molecular weight excluding hydrogens is 266 g/mol. The van der Waals surface area contributed by atoms with Gasteiger partial charge in [0.2, 0.25) is 0 Å². The molecule has 0 aromatic carbocycles. The van der Waals surface area contributed by atoms with E-state index in [-0.39, 0.29) is 17.4 Å². The third-order valence-electron chi connectivity index (χ3n) is 2.91. The van der Waals surface area contributed by atoms with E-state index in [1.54, 1.807) is 4.90 Å². The van der Waals surface area contributed by atoms with Gasteiger partial charge >= 0.3 is 12.1 Å². The van der Waals surface area contributed by atoms with Crippen LogP contribution < -0.4 is 10.9 Å². The number of anilines is 1. The summed E-state index contributed by atoms with van der Waals surface area (Å²) in [4.78, 5) is 37.2. The van der Waals surface area contributed by atoms with E-state index in [0.717, 1.165) is 0 Å². The highest BCUT2D eigenvalue weighted by molar-refractivity contribution is 5.88. The molecule has 0 atom stereocenters.